The third-order valence-electron chi connectivity index (χ3n) is 3.03. The summed E-state index contributed by atoms with van der Waals surface area (Å²) in [7, 11) is 0. The summed E-state index contributed by atoms with van der Waals surface area (Å²) in [4.78, 5) is 14.0. The molecule has 1 aliphatic heterocycles. The van der Waals surface area contributed by atoms with Gasteiger partial charge in [-0.25, -0.2) is 0 Å². The van der Waals surface area contributed by atoms with Crippen molar-refractivity contribution in [2.24, 2.45) is 0 Å². The number of hydrogen-bond donors (Lipinski definition) is 1. The Kier molecular flexibility index (Phi) is 4.07. The topological polar surface area (TPSA) is 40.5 Å². The molecule has 1 amide bonds. The van der Waals surface area contributed by atoms with E-state index in [4.69, 9.17) is 11.6 Å². The molecule has 1 atom stereocenters. The van der Waals surface area contributed by atoms with Crippen LogP contribution in [0.3, 0.4) is 0 Å². The number of carbonyl (C=O) groups excluding carboxylic acids is 1. The van der Waals surface area contributed by atoms with Crippen molar-refractivity contribution in [3.05, 3.63) is 33.3 Å². The first-order valence-corrected chi connectivity index (χ1v) is 6.68. The second-order valence-corrected chi connectivity index (χ2v) is 5.31. The van der Waals surface area contributed by atoms with E-state index in [-0.39, 0.29) is 18.6 Å². The number of aliphatic hydroxyl groups excluding tert-OH is 1. The summed E-state index contributed by atoms with van der Waals surface area (Å²) in [5.41, 5.74) is 0.487. The van der Waals surface area contributed by atoms with E-state index in [1.165, 1.54) is 0 Å². The molecule has 1 N–H and O–H groups in total. The maximum atomic E-state index is 12.3. The Hall–Kier alpha value is -0.580. The van der Waals surface area contributed by atoms with Crippen LogP contribution in [-0.4, -0.2) is 35.1 Å². The first-order valence-electron chi connectivity index (χ1n) is 5.51. The van der Waals surface area contributed by atoms with Crippen LogP contribution >= 0.6 is 27.5 Å². The minimum atomic E-state index is -0.104. The standard InChI is InChI=1S/C12H13BrClNO2/c13-10-5-1-4-9(11(10)14)12(17)15-6-2-3-8(15)7-16/h1,4-5,8,16H,2-3,6-7H2/t8-/m1/s1. The van der Waals surface area contributed by atoms with Crippen molar-refractivity contribution in [2.45, 2.75) is 18.9 Å². The van der Waals surface area contributed by atoms with E-state index in [1.54, 1.807) is 23.1 Å². The number of hydrogen-bond acceptors (Lipinski definition) is 2. The fourth-order valence-electron chi connectivity index (χ4n) is 2.12. The van der Waals surface area contributed by atoms with Crippen LogP contribution in [0.2, 0.25) is 5.02 Å². The fraction of sp³-hybridized carbons (Fsp3) is 0.417. The van der Waals surface area contributed by atoms with Crippen LogP contribution in [0.1, 0.15) is 23.2 Å². The number of aliphatic hydroxyl groups is 1. The van der Waals surface area contributed by atoms with Crippen LogP contribution in [0.4, 0.5) is 0 Å². The lowest BCUT2D eigenvalue weighted by molar-refractivity contribution is 0.0677. The highest BCUT2D eigenvalue weighted by molar-refractivity contribution is 9.10. The summed E-state index contributed by atoms with van der Waals surface area (Å²) in [6.45, 7) is 0.699. The van der Waals surface area contributed by atoms with Gasteiger partial charge in [0.2, 0.25) is 0 Å². The van der Waals surface area contributed by atoms with Crippen molar-refractivity contribution in [1.29, 1.82) is 0 Å². The molecule has 17 heavy (non-hydrogen) atoms. The highest BCUT2D eigenvalue weighted by atomic mass is 79.9. The quantitative estimate of drug-likeness (QED) is 0.911. The molecular formula is C12H13BrClNO2. The van der Waals surface area contributed by atoms with Gasteiger partial charge in [0.15, 0.2) is 0 Å². The smallest absolute Gasteiger partial charge is 0.255 e. The number of rotatable bonds is 2. The van der Waals surface area contributed by atoms with Gasteiger partial charge in [-0.3, -0.25) is 4.79 Å². The molecule has 0 radical (unpaired) electrons. The van der Waals surface area contributed by atoms with Gasteiger partial charge >= 0.3 is 0 Å². The number of likely N-dealkylation sites (tertiary alicyclic amines) is 1. The minimum Gasteiger partial charge on any atom is -0.394 e. The predicted octanol–water partition coefficient (Wildman–Crippen LogP) is 2.70. The highest BCUT2D eigenvalue weighted by Crippen LogP contribution is 2.29. The molecule has 0 unspecified atom stereocenters. The second kappa shape index (κ2) is 5.38. The largest absolute Gasteiger partial charge is 0.394 e. The molecule has 5 heteroatoms. The van der Waals surface area contributed by atoms with Crippen LogP contribution < -0.4 is 0 Å². The molecule has 0 saturated carbocycles. The van der Waals surface area contributed by atoms with Gasteiger partial charge in [-0.1, -0.05) is 17.7 Å². The summed E-state index contributed by atoms with van der Waals surface area (Å²) >= 11 is 9.40. The van der Waals surface area contributed by atoms with Crippen LogP contribution in [0.5, 0.6) is 0 Å². The van der Waals surface area contributed by atoms with Crippen molar-refractivity contribution in [3.8, 4) is 0 Å². The Morgan fingerprint density at radius 1 is 1.59 bits per heavy atom. The third kappa shape index (κ3) is 2.49. The fourth-order valence-corrected chi connectivity index (χ4v) is 2.69. The maximum absolute atomic E-state index is 12.3. The molecule has 0 spiro atoms. The summed E-state index contributed by atoms with van der Waals surface area (Å²) in [5, 5.41) is 9.65. The summed E-state index contributed by atoms with van der Waals surface area (Å²) in [6, 6.07) is 5.22. The number of nitrogens with zero attached hydrogens (tertiary/aromatic N) is 1. The van der Waals surface area contributed by atoms with Gasteiger partial charge in [0, 0.05) is 11.0 Å². The second-order valence-electron chi connectivity index (χ2n) is 4.08. The number of halogens is 2. The molecule has 0 aromatic heterocycles. The van der Waals surface area contributed by atoms with Gasteiger partial charge in [0.05, 0.1) is 23.2 Å². The predicted molar refractivity (Wildman–Crippen MR) is 70.3 cm³/mol. The molecule has 1 fully saturated rings. The normalized spacial score (nSPS) is 19.7. The Labute approximate surface area is 114 Å². The average molecular weight is 319 g/mol. The molecule has 1 saturated heterocycles. The lowest BCUT2D eigenvalue weighted by Gasteiger charge is -2.23. The van der Waals surface area contributed by atoms with Gasteiger partial charge in [0.1, 0.15) is 0 Å². The van der Waals surface area contributed by atoms with E-state index in [1.807, 2.05) is 0 Å². The molecule has 0 aliphatic carbocycles. The van der Waals surface area contributed by atoms with Gasteiger partial charge in [-0.15, -0.1) is 0 Å². The van der Waals surface area contributed by atoms with Crippen molar-refractivity contribution >= 4 is 33.4 Å². The Bertz CT molecular complexity index is 439. The van der Waals surface area contributed by atoms with Crippen molar-refractivity contribution in [3.63, 3.8) is 0 Å². The number of amides is 1. The van der Waals surface area contributed by atoms with Crippen molar-refractivity contribution < 1.29 is 9.90 Å². The Morgan fingerprint density at radius 2 is 2.35 bits per heavy atom. The van der Waals surface area contributed by atoms with E-state index in [9.17, 15) is 9.90 Å². The maximum Gasteiger partial charge on any atom is 0.255 e. The van der Waals surface area contributed by atoms with Gasteiger partial charge < -0.3 is 10.0 Å². The van der Waals surface area contributed by atoms with Crippen LogP contribution in [0.15, 0.2) is 22.7 Å². The van der Waals surface area contributed by atoms with Crippen molar-refractivity contribution in [2.75, 3.05) is 13.2 Å². The first-order chi connectivity index (χ1) is 8.15. The number of carbonyl (C=O) groups is 1. The average Bonchev–Trinajstić information content (AvgIpc) is 2.80. The zero-order chi connectivity index (χ0) is 12.4. The van der Waals surface area contributed by atoms with Gasteiger partial charge in [-0.05, 0) is 40.9 Å². The van der Waals surface area contributed by atoms with Crippen LogP contribution in [0, 0.1) is 0 Å². The molecule has 1 aromatic carbocycles. The van der Waals surface area contributed by atoms with E-state index in [0.29, 0.717) is 21.6 Å². The zero-order valence-electron chi connectivity index (χ0n) is 9.20. The molecule has 1 aliphatic rings. The Morgan fingerprint density at radius 3 is 3.06 bits per heavy atom. The molecular weight excluding hydrogens is 305 g/mol. The molecule has 1 aromatic rings. The highest BCUT2D eigenvalue weighted by Gasteiger charge is 2.29. The first kappa shape index (κ1) is 12.9. The van der Waals surface area contributed by atoms with E-state index >= 15 is 0 Å². The van der Waals surface area contributed by atoms with Crippen LogP contribution in [-0.2, 0) is 0 Å². The van der Waals surface area contributed by atoms with E-state index in [2.05, 4.69) is 15.9 Å². The van der Waals surface area contributed by atoms with Crippen molar-refractivity contribution in [1.82, 2.24) is 4.90 Å². The lowest BCUT2D eigenvalue weighted by atomic mass is 10.1. The van der Waals surface area contributed by atoms with E-state index < -0.39 is 0 Å². The number of benzene rings is 1. The van der Waals surface area contributed by atoms with Crippen LogP contribution in [0.25, 0.3) is 0 Å². The third-order valence-corrected chi connectivity index (χ3v) is 4.33. The SMILES string of the molecule is O=C(c1cccc(Br)c1Cl)N1CCC[C@@H]1CO. The molecule has 1 heterocycles. The molecule has 0 bridgehead atoms. The van der Waals surface area contributed by atoms with E-state index in [0.717, 1.165) is 12.8 Å². The zero-order valence-corrected chi connectivity index (χ0v) is 11.5. The summed E-state index contributed by atoms with van der Waals surface area (Å²) in [5.74, 6) is -0.104. The molecule has 92 valence electrons. The van der Waals surface area contributed by atoms with Gasteiger partial charge in [-0.2, -0.15) is 0 Å². The summed E-state index contributed by atoms with van der Waals surface area (Å²) in [6.07, 6.45) is 1.79. The lowest BCUT2D eigenvalue weighted by Crippen LogP contribution is -2.37. The minimum absolute atomic E-state index is 0.0113. The monoisotopic (exact) mass is 317 g/mol. The Balaban J connectivity index is 2.28. The summed E-state index contributed by atoms with van der Waals surface area (Å²) < 4.78 is 0.713. The molecule has 3 nitrogen and oxygen atoms in total. The molecule has 2 rings (SSSR count). The van der Waals surface area contributed by atoms with Gasteiger partial charge in [0.25, 0.3) is 5.91 Å².